The third kappa shape index (κ3) is 6.00. The molecule has 1 heterocycles. The quantitative estimate of drug-likeness (QED) is 0.170. The maximum Gasteiger partial charge on any atom is 0.116 e. The number of hydrogen-bond acceptors (Lipinski definition) is 2. The van der Waals surface area contributed by atoms with Gasteiger partial charge in [0.25, 0.3) is 0 Å². The largest absolute Gasteiger partial charge is 0.236 e. The molecule has 0 unspecified atom stereocenters. The van der Waals surface area contributed by atoms with Crippen LogP contribution in [0.5, 0.6) is 0 Å². The van der Waals surface area contributed by atoms with Gasteiger partial charge in [-0.25, -0.2) is 9.97 Å². The maximum absolute atomic E-state index is 4.96. The van der Waals surface area contributed by atoms with Crippen molar-refractivity contribution in [2.75, 3.05) is 0 Å². The van der Waals surface area contributed by atoms with Crippen LogP contribution in [0.4, 0.5) is 0 Å². The first-order valence-corrected chi connectivity index (χ1v) is 19.8. The average Bonchev–Trinajstić information content (AvgIpc) is 3.30. The van der Waals surface area contributed by atoms with Gasteiger partial charge in [-0.3, -0.25) is 0 Å². The molecule has 0 saturated heterocycles. The molecule has 2 nitrogen and oxygen atoms in total. The van der Waals surface area contributed by atoms with Gasteiger partial charge in [-0.1, -0.05) is 170 Å². The Morgan fingerprint density at radius 3 is 0.793 bits per heavy atom. The van der Waals surface area contributed by atoms with Crippen LogP contribution >= 0.6 is 0 Å². The van der Waals surface area contributed by atoms with Crippen LogP contribution < -0.4 is 0 Å². The third-order valence-corrected chi connectivity index (χ3v) is 11.5. The fourth-order valence-electron chi connectivity index (χ4n) is 8.75. The lowest BCUT2D eigenvalue weighted by atomic mass is 9.90. The van der Waals surface area contributed by atoms with Gasteiger partial charge in [0, 0.05) is 11.1 Å². The van der Waals surface area contributed by atoms with Crippen molar-refractivity contribution < 1.29 is 0 Å². The molecule has 0 N–H and O–H groups in total. The van der Waals surface area contributed by atoms with Crippen molar-refractivity contribution >= 4 is 43.1 Å². The monoisotopic (exact) mass is 736 g/mol. The minimum absolute atomic E-state index is 0.871. The van der Waals surface area contributed by atoms with Crippen LogP contribution in [-0.4, -0.2) is 9.97 Å². The maximum atomic E-state index is 4.96. The number of benzene rings is 10. The number of nitrogens with zero attached hydrogens (tertiary/aromatic N) is 2. The Kier molecular flexibility index (Phi) is 8.19. The van der Waals surface area contributed by atoms with E-state index in [9.17, 15) is 0 Å². The van der Waals surface area contributed by atoms with Crippen molar-refractivity contribution in [3.63, 3.8) is 0 Å². The zero-order chi connectivity index (χ0) is 38.4. The summed E-state index contributed by atoms with van der Waals surface area (Å²) in [6.07, 6.45) is 1.72. The summed E-state index contributed by atoms with van der Waals surface area (Å²) in [4.78, 5) is 9.92. The fraction of sp³-hybridized carbons (Fsp3) is 0. The van der Waals surface area contributed by atoms with Crippen LogP contribution in [0.2, 0.25) is 0 Å². The van der Waals surface area contributed by atoms with Crippen molar-refractivity contribution in [3.05, 3.63) is 219 Å². The van der Waals surface area contributed by atoms with Gasteiger partial charge in [-0.05, 0) is 130 Å². The molecular weight excluding hydrogens is 701 g/mol. The van der Waals surface area contributed by atoms with E-state index in [-0.39, 0.29) is 0 Å². The van der Waals surface area contributed by atoms with E-state index in [4.69, 9.17) is 9.97 Å². The highest BCUT2D eigenvalue weighted by molar-refractivity contribution is 6.03. The van der Waals surface area contributed by atoms with Gasteiger partial charge >= 0.3 is 0 Å². The van der Waals surface area contributed by atoms with Gasteiger partial charge in [-0.2, -0.15) is 0 Å². The first-order chi connectivity index (χ1) is 28.7. The Morgan fingerprint density at radius 1 is 0.224 bits per heavy atom. The molecule has 0 spiro atoms. The number of rotatable bonds is 6. The molecule has 0 aliphatic rings. The van der Waals surface area contributed by atoms with Gasteiger partial charge in [0.05, 0.1) is 11.4 Å². The highest BCUT2D eigenvalue weighted by Crippen LogP contribution is 2.40. The molecule has 0 radical (unpaired) electrons. The molecule has 58 heavy (non-hydrogen) atoms. The van der Waals surface area contributed by atoms with E-state index in [1.165, 1.54) is 65.3 Å². The minimum atomic E-state index is 0.871. The second-order valence-corrected chi connectivity index (χ2v) is 15.0. The summed E-state index contributed by atoms with van der Waals surface area (Å²) in [7, 11) is 0. The van der Waals surface area contributed by atoms with Crippen molar-refractivity contribution in [2.24, 2.45) is 0 Å². The summed E-state index contributed by atoms with van der Waals surface area (Å²) < 4.78 is 0. The molecule has 270 valence electrons. The molecule has 11 aromatic rings. The summed E-state index contributed by atoms with van der Waals surface area (Å²) in [5, 5.41) is 9.76. The van der Waals surface area contributed by atoms with Crippen LogP contribution in [0.25, 0.3) is 110 Å². The lowest BCUT2D eigenvalue weighted by Gasteiger charge is -2.15. The lowest BCUT2D eigenvalue weighted by molar-refractivity contribution is 1.18. The number of fused-ring (bicyclic) bond motifs is 4. The average molecular weight is 737 g/mol. The predicted molar refractivity (Wildman–Crippen MR) is 245 cm³/mol. The summed E-state index contributed by atoms with van der Waals surface area (Å²) in [5.41, 5.74) is 13.2. The summed E-state index contributed by atoms with van der Waals surface area (Å²) in [6.45, 7) is 0. The normalized spacial score (nSPS) is 11.4. The Labute approximate surface area is 337 Å². The van der Waals surface area contributed by atoms with E-state index >= 15 is 0 Å². The Hall–Kier alpha value is -7.68. The molecule has 0 atom stereocenters. The predicted octanol–water partition coefficient (Wildman–Crippen LogP) is 15.1. The molecule has 0 aliphatic carbocycles. The van der Waals surface area contributed by atoms with Gasteiger partial charge in [-0.15, -0.1) is 0 Å². The van der Waals surface area contributed by atoms with Crippen molar-refractivity contribution in [1.82, 2.24) is 9.97 Å². The standard InChI is InChI=1S/C56H36N2/c1-5-21-47-37(13-1)17-9-25-51(47)41-29-42(52-26-10-18-38-14-2-6-22-48(38)52)32-45(31-41)55-35-56(58-36-57-55)46-33-43(53-27-11-19-39-15-3-7-23-49(39)53)30-44(34-46)54-28-12-20-40-16-4-8-24-50(40)54/h1-36H. The highest BCUT2D eigenvalue weighted by Gasteiger charge is 2.16. The molecule has 0 aliphatic heterocycles. The van der Waals surface area contributed by atoms with Crippen LogP contribution in [0.3, 0.4) is 0 Å². The van der Waals surface area contributed by atoms with Crippen LogP contribution in [0.15, 0.2) is 219 Å². The van der Waals surface area contributed by atoms with E-state index in [1.807, 2.05) is 0 Å². The van der Waals surface area contributed by atoms with Crippen molar-refractivity contribution in [1.29, 1.82) is 0 Å². The van der Waals surface area contributed by atoms with Gasteiger partial charge in [0.2, 0.25) is 0 Å². The SMILES string of the molecule is c1ccc2c(-c3cc(-c4cc(-c5cc(-c6cccc7ccccc67)cc(-c6cccc7ccccc67)c5)ncn4)cc(-c4cccc5ccccc45)c3)cccc2c1. The first kappa shape index (κ1) is 33.6. The van der Waals surface area contributed by atoms with E-state index in [0.717, 1.165) is 44.8 Å². The third-order valence-electron chi connectivity index (χ3n) is 11.5. The molecule has 10 aromatic carbocycles. The van der Waals surface area contributed by atoms with Gasteiger partial charge < -0.3 is 0 Å². The minimum Gasteiger partial charge on any atom is -0.236 e. The van der Waals surface area contributed by atoms with E-state index in [2.05, 4.69) is 212 Å². The second-order valence-electron chi connectivity index (χ2n) is 15.0. The number of aromatic nitrogens is 2. The molecule has 1 aromatic heterocycles. The molecule has 0 saturated carbocycles. The Balaban J connectivity index is 1.12. The zero-order valence-electron chi connectivity index (χ0n) is 31.7. The van der Waals surface area contributed by atoms with Crippen molar-refractivity contribution in [2.45, 2.75) is 0 Å². The number of hydrogen-bond donors (Lipinski definition) is 0. The molecule has 11 rings (SSSR count). The summed E-state index contributed by atoms with van der Waals surface area (Å²) in [6, 6.07) is 76.8. The van der Waals surface area contributed by atoms with Crippen LogP contribution in [0.1, 0.15) is 0 Å². The fourth-order valence-corrected chi connectivity index (χ4v) is 8.75. The van der Waals surface area contributed by atoms with Crippen molar-refractivity contribution in [3.8, 4) is 67.0 Å². The zero-order valence-corrected chi connectivity index (χ0v) is 31.7. The topological polar surface area (TPSA) is 25.8 Å². The van der Waals surface area contributed by atoms with Gasteiger partial charge in [0.1, 0.15) is 6.33 Å². The van der Waals surface area contributed by atoms with Crippen LogP contribution in [0, 0.1) is 0 Å². The first-order valence-electron chi connectivity index (χ1n) is 19.8. The van der Waals surface area contributed by atoms with E-state index < -0.39 is 0 Å². The Bertz CT molecular complexity index is 2920. The second kappa shape index (κ2) is 14.1. The molecule has 0 fully saturated rings. The smallest absolute Gasteiger partial charge is 0.116 e. The summed E-state index contributed by atoms with van der Waals surface area (Å²) in [5.74, 6) is 0. The molecule has 0 amide bonds. The van der Waals surface area contributed by atoms with E-state index in [1.54, 1.807) is 6.33 Å². The van der Waals surface area contributed by atoms with E-state index in [0.29, 0.717) is 0 Å². The summed E-state index contributed by atoms with van der Waals surface area (Å²) >= 11 is 0. The van der Waals surface area contributed by atoms with Gasteiger partial charge in [0.15, 0.2) is 0 Å². The highest BCUT2D eigenvalue weighted by atomic mass is 14.8. The van der Waals surface area contributed by atoms with Crippen LogP contribution in [-0.2, 0) is 0 Å². The Morgan fingerprint density at radius 2 is 0.483 bits per heavy atom. The molecular formula is C56H36N2. The molecule has 0 bridgehead atoms. The lowest BCUT2D eigenvalue weighted by Crippen LogP contribution is -1.93. The molecule has 2 heteroatoms.